The van der Waals surface area contributed by atoms with Crippen molar-refractivity contribution in [1.29, 1.82) is 0 Å². The minimum absolute atomic E-state index is 0.245. The minimum Gasteiger partial charge on any atom is -0.478 e. The van der Waals surface area contributed by atoms with Gasteiger partial charge in [-0.15, -0.1) is 0 Å². The Morgan fingerprint density at radius 2 is 1.50 bits per heavy atom. The first-order chi connectivity index (χ1) is 21.3. The predicted molar refractivity (Wildman–Crippen MR) is 156 cm³/mol. The molecule has 0 aromatic heterocycles. The van der Waals surface area contributed by atoms with E-state index < -0.39 is 30.3 Å². The molecule has 1 heterocycles. The number of carbonyl (C=O) groups is 3. The third kappa shape index (κ3) is 10.5. The predicted octanol–water partition coefficient (Wildman–Crippen LogP) is 6.74. The van der Waals surface area contributed by atoms with Crippen LogP contribution in [0.3, 0.4) is 0 Å². The summed E-state index contributed by atoms with van der Waals surface area (Å²) in [6.45, 7) is 5.30. The summed E-state index contributed by atoms with van der Waals surface area (Å²) < 4.78 is 63.5. The number of aromatic carboxylic acids is 1. The summed E-state index contributed by atoms with van der Waals surface area (Å²) in [7, 11) is 0. The number of likely N-dealkylation sites (tertiary alicyclic amines) is 1. The molecule has 0 unspecified atom stereocenters. The number of rotatable bonds is 8. The number of nitrogens with one attached hydrogen (secondary N) is 1. The summed E-state index contributed by atoms with van der Waals surface area (Å²) in [5.74, 6) is -5.75. The fourth-order valence-electron chi connectivity index (χ4n) is 5.75. The van der Waals surface area contributed by atoms with Crippen molar-refractivity contribution in [2.75, 3.05) is 13.1 Å². The Balaban J connectivity index is 0.000000345. The van der Waals surface area contributed by atoms with Crippen LogP contribution in [0.5, 0.6) is 0 Å². The average Bonchev–Trinajstić information content (AvgIpc) is 3.69. The van der Waals surface area contributed by atoms with Gasteiger partial charge in [-0.3, -0.25) is 4.90 Å². The number of aliphatic carboxylic acids is 2. The van der Waals surface area contributed by atoms with Crippen molar-refractivity contribution >= 4 is 35.6 Å². The Labute approximate surface area is 265 Å². The van der Waals surface area contributed by atoms with E-state index in [1.165, 1.54) is 24.8 Å². The maximum absolute atomic E-state index is 11.1. The molecule has 2 atom stereocenters. The van der Waals surface area contributed by atoms with Crippen LogP contribution < -0.4 is 5.32 Å². The lowest BCUT2D eigenvalue weighted by Gasteiger charge is -2.59. The van der Waals surface area contributed by atoms with Crippen LogP contribution in [0, 0.1) is 11.3 Å². The van der Waals surface area contributed by atoms with E-state index in [0.717, 1.165) is 31.6 Å². The Morgan fingerprint density at radius 1 is 0.957 bits per heavy atom. The number of carboxylic acid groups (broad SMARTS) is 3. The zero-order valence-electron chi connectivity index (χ0n) is 24.5. The van der Waals surface area contributed by atoms with Crippen LogP contribution in [-0.4, -0.2) is 75.7 Å². The third-order valence-electron chi connectivity index (χ3n) is 7.93. The number of hydrogen-bond acceptors (Lipinski definition) is 5. The topological polar surface area (TPSA) is 127 Å². The molecule has 1 saturated heterocycles. The van der Waals surface area contributed by atoms with Crippen molar-refractivity contribution in [1.82, 2.24) is 10.2 Å². The molecule has 2 saturated carbocycles. The molecule has 0 radical (unpaired) electrons. The Kier molecular flexibility index (Phi) is 11.9. The number of nitrogens with zero attached hydrogens (tertiary/aromatic N) is 1. The molecule has 252 valence electrons. The molecular weight excluding hydrogens is 646 g/mol. The van der Waals surface area contributed by atoms with Gasteiger partial charge in [0.05, 0.1) is 5.56 Å². The van der Waals surface area contributed by atoms with Crippen LogP contribution in [0.25, 0.3) is 6.08 Å². The van der Waals surface area contributed by atoms with Crippen LogP contribution in [0.4, 0.5) is 26.3 Å². The summed E-state index contributed by atoms with van der Waals surface area (Å²) in [5, 5.41) is 27.8. The quantitative estimate of drug-likeness (QED) is 0.226. The van der Waals surface area contributed by atoms with Gasteiger partial charge in [-0.1, -0.05) is 66.6 Å². The second kappa shape index (κ2) is 14.9. The lowest BCUT2D eigenvalue weighted by molar-refractivity contribution is -0.193. The summed E-state index contributed by atoms with van der Waals surface area (Å²) in [6, 6.07) is 17.0. The van der Waals surface area contributed by atoms with E-state index in [-0.39, 0.29) is 5.56 Å². The average molecular weight is 679 g/mol. The van der Waals surface area contributed by atoms with E-state index >= 15 is 0 Å². The van der Waals surface area contributed by atoms with Gasteiger partial charge in [0.2, 0.25) is 0 Å². The van der Waals surface area contributed by atoms with Gasteiger partial charge in [0.25, 0.3) is 0 Å². The molecule has 2 aromatic rings. The molecule has 46 heavy (non-hydrogen) atoms. The molecule has 2 aromatic carbocycles. The van der Waals surface area contributed by atoms with Gasteiger partial charge < -0.3 is 20.6 Å². The Hall–Kier alpha value is -3.62. The van der Waals surface area contributed by atoms with E-state index in [1.54, 1.807) is 17.7 Å². The summed E-state index contributed by atoms with van der Waals surface area (Å²) in [5.41, 5.74) is 4.62. The summed E-state index contributed by atoms with van der Waals surface area (Å²) in [6.07, 6.45) is -2.86. The molecule has 0 bridgehead atoms. The van der Waals surface area contributed by atoms with Crippen molar-refractivity contribution in [3.8, 4) is 0 Å². The van der Waals surface area contributed by atoms with Gasteiger partial charge in [-0.05, 0) is 60.3 Å². The maximum Gasteiger partial charge on any atom is 0.490 e. The summed E-state index contributed by atoms with van der Waals surface area (Å²) in [4.78, 5) is 31.3. The van der Waals surface area contributed by atoms with Crippen molar-refractivity contribution in [3.05, 3.63) is 75.8 Å². The van der Waals surface area contributed by atoms with Gasteiger partial charge in [0.15, 0.2) is 0 Å². The van der Waals surface area contributed by atoms with Crippen LogP contribution in [0.1, 0.15) is 54.1 Å². The molecule has 4 N–H and O–H groups in total. The molecule has 1 aliphatic heterocycles. The van der Waals surface area contributed by atoms with Crippen LogP contribution in [-0.2, 0) is 16.1 Å². The molecule has 2 aliphatic carbocycles. The van der Waals surface area contributed by atoms with Crippen LogP contribution in [0.2, 0.25) is 5.02 Å². The fraction of sp³-hybridized carbons (Fsp3) is 0.452. The highest BCUT2D eigenvalue weighted by molar-refractivity contribution is 6.31. The van der Waals surface area contributed by atoms with E-state index in [4.69, 9.17) is 36.5 Å². The van der Waals surface area contributed by atoms with Crippen molar-refractivity contribution in [2.24, 2.45) is 11.3 Å². The SMILES string of the molecule is CC/C(=C\c1ccccc1)[C@@H]1C[C@H]1NC1CC2(C1)CN(Cc1ccc(C(=O)O)cc1Cl)C2.O=C(O)C(F)(F)F.O=C(O)C(F)(F)F. The zero-order valence-corrected chi connectivity index (χ0v) is 25.3. The molecular formula is C31H33ClF6N2O6. The van der Waals surface area contributed by atoms with Crippen LogP contribution >= 0.6 is 11.6 Å². The van der Waals surface area contributed by atoms with E-state index in [1.807, 2.05) is 6.07 Å². The first kappa shape index (κ1) is 36.8. The second-order valence-electron chi connectivity index (χ2n) is 11.6. The maximum atomic E-state index is 11.1. The van der Waals surface area contributed by atoms with E-state index in [2.05, 4.69) is 53.5 Å². The fourth-order valence-corrected chi connectivity index (χ4v) is 5.99. The Morgan fingerprint density at radius 3 is 1.96 bits per heavy atom. The number of hydrogen-bond donors (Lipinski definition) is 4. The number of halogens is 7. The molecule has 15 heteroatoms. The first-order valence-corrected chi connectivity index (χ1v) is 14.6. The smallest absolute Gasteiger partial charge is 0.478 e. The van der Waals surface area contributed by atoms with Crippen molar-refractivity contribution < 1.29 is 56.0 Å². The summed E-state index contributed by atoms with van der Waals surface area (Å²) >= 11 is 6.30. The lowest BCUT2D eigenvalue weighted by atomic mass is 9.60. The second-order valence-corrected chi connectivity index (χ2v) is 12.0. The highest BCUT2D eigenvalue weighted by Crippen LogP contribution is 2.50. The van der Waals surface area contributed by atoms with Gasteiger partial charge in [-0.2, -0.15) is 26.3 Å². The monoisotopic (exact) mass is 678 g/mol. The van der Waals surface area contributed by atoms with Gasteiger partial charge in [-0.25, -0.2) is 14.4 Å². The highest BCUT2D eigenvalue weighted by atomic mass is 35.5. The minimum atomic E-state index is -5.08. The standard InChI is InChI=1S/C27H31ClN2O2.2C2HF3O2/c1-2-19(10-18-6-4-3-5-7-18)23-12-25(23)29-22-13-27(14-22)16-30(17-27)15-21-9-8-20(26(31)32)11-24(21)28;2*3-2(4,5)1(6)7/h3-11,22-23,25,29H,2,12-17H2,1H3,(H,31,32);2*(H,6,7)/b19-10+;;/t23-,25+;;/m0../s1. The van der Waals surface area contributed by atoms with Gasteiger partial charge in [0, 0.05) is 36.7 Å². The lowest BCUT2D eigenvalue weighted by Crippen LogP contribution is -2.65. The number of carboxylic acids is 3. The van der Waals surface area contributed by atoms with Gasteiger partial charge in [0.1, 0.15) is 0 Å². The van der Waals surface area contributed by atoms with Crippen molar-refractivity contribution in [2.45, 2.75) is 63.6 Å². The first-order valence-electron chi connectivity index (χ1n) is 14.2. The molecule has 3 aliphatic rings. The molecule has 5 rings (SSSR count). The molecule has 8 nitrogen and oxygen atoms in total. The van der Waals surface area contributed by atoms with Crippen LogP contribution in [0.15, 0.2) is 54.1 Å². The highest BCUT2D eigenvalue weighted by Gasteiger charge is 2.53. The zero-order chi connectivity index (χ0) is 34.4. The normalized spacial score (nSPS) is 20.7. The van der Waals surface area contributed by atoms with Crippen molar-refractivity contribution in [3.63, 3.8) is 0 Å². The van der Waals surface area contributed by atoms with E-state index in [0.29, 0.717) is 28.4 Å². The molecule has 0 amide bonds. The Bertz CT molecular complexity index is 1390. The largest absolute Gasteiger partial charge is 0.490 e. The third-order valence-corrected chi connectivity index (χ3v) is 8.28. The molecule has 3 fully saturated rings. The van der Waals surface area contributed by atoms with Gasteiger partial charge >= 0.3 is 30.3 Å². The number of alkyl halides is 6. The number of benzene rings is 2. The van der Waals surface area contributed by atoms with E-state index in [9.17, 15) is 31.1 Å². The molecule has 1 spiro atoms.